The molecule has 1 saturated heterocycles. The monoisotopic (exact) mass is 321 g/mol. The number of carbonyl (C=O) groups is 1. The lowest BCUT2D eigenvalue weighted by atomic mass is 10.1. The third-order valence-corrected chi connectivity index (χ3v) is 5.10. The highest BCUT2D eigenvalue weighted by molar-refractivity contribution is 5.92. The molecular weight excluding hydrogens is 298 g/mol. The van der Waals surface area contributed by atoms with Crippen LogP contribution in [0.4, 0.5) is 11.4 Å². The Bertz CT molecular complexity index is 735. The number of nitrogens with zero attached hydrogens (tertiary/aromatic N) is 3. The summed E-state index contributed by atoms with van der Waals surface area (Å²) < 4.78 is 0. The number of likely N-dealkylation sites (tertiary alicyclic amines) is 1. The van der Waals surface area contributed by atoms with Crippen LogP contribution in [0.1, 0.15) is 42.2 Å². The minimum absolute atomic E-state index is 0.0659. The highest BCUT2D eigenvalue weighted by Crippen LogP contribution is 2.37. The second-order valence-electron chi connectivity index (χ2n) is 6.81. The fourth-order valence-corrected chi connectivity index (χ4v) is 3.87. The van der Waals surface area contributed by atoms with Crippen LogP contribution in [-0.2, 0) is 6.42 Å². The van der Waals surface area contributed by atoms with Gasteiger partial charge < -0.3 is 9.80 Å². The van der Waals surface area contributed by atoms with E-state index >= 15 is 0 Å². The lowest BCUT2D eigenvalue weighted by Crippen LogP contribution is -2.36. The van der Waals surface area contributed by atoms with Gasteiger partial charge in [-0.3, -0.25) is 4.79 Å². The number of para-hydroxylation sites is 1. The third kappa shape index (κ3) is 2.66. The number of carbonyl (C=O) groups excluding carboxylic acids is 1. The fourth-order valence-electron chi connectivity index (χ4n) is 3.87. The van der Waals surface area contributed by atoms with E-state index in [9.17, 15) is 4.79 Å². The number of benzene rings is 1. The van der Waals surface area contributed by atoms with E-state index in [4.69, 9.17) is 0 Å². The predicted molar refractivity (Wildman–Crippen MR) is 95.7 cm³/mol. The molecule has 1 unspecified atom stereocenters. The summed E-state index contributed by atoms with van der Waals surface area (Å²) in [6.07, 6.45) is 6.32. The van der Waals surface area contributed by atoms with Gasteiger partial charge in [0.25, 0.3) is 5.91 Å². The molecule has 2 aliphatic rings. The number of rotatable bonds is 2. The second-order valence-corrected chi connectivity index (χ2v) is 6.81. The van der Waals surface area contributed by atoms with Crippen LogP contribution >= 0.6 is 0 Å². The van der Waals surface area contributed by atoms with Crippen molar-refractivity contribution < 1.29 is 4.79 Å². The molecule has 1 atom stereocenters. The van der Waals surface area contributed by atoms with E-state index in [1.807, 2.05) is 23.2 Å². The molecule has 4 heteroatoms. The first-order valence-electron chi connectivity index (χ1n) is 8.86. The first-order valence-corrected chi connectivity index (χ1v) is 8.86. The maximum absolute atomic E-state index is 12.5. The largest absolute Gasteiger partial charge is 0.337 e. The lowest BCUT2D eigenvalue weighted by molar-refractivity contribution is 0.0718. The lowest BCUT2D eigenvalue weighted by Gasteiger charge is -2.27. The maximum atomic E-state index is 12.5. The Kier molecular flexibility index (Phi) is 3.97. The standard InChI is InChI=1S/C20H23N3O/c1-15-13-16-7-3-4-8-19(16)23(15)17-9-10-18(21-14-17)20(24)22-11-5-2-6-12-22/h3-4,7-10,14-15H,2,5-6,11-13H2,1H3. The SMILES string of the molecule is CC1Cc2ccccc2N1c1ccc(C(=O)N2CCCCC2)nc1. The molecule has 2 aliphatic heterocycles. The summed E-state index contributed by atoms with van der Waals surface area (Å²) in [5.74, 6) is 0.0659. The first kappa shape index (κ1) is 15.2. The quantitative estimate of drug-likeness (QED) is 0.844. The van der Waals surface area contributed by atoms with Crippen molar-refractivity contribution in [2.75, 3.05) is 18.0 Å². The Hall–Kier alpha value is -2.36. The molecule has 3 heterocycles. The molecule has 1 aromatic heterocycles. The van der Waals surface area contributed by atoms with E-state index in [0.29, 0.717) is 11.7 Å². The van der Waals surface area contributed by atoms with Gasteiger partial charge in [0, 0.05) is 24.8 Å². The van der Waals surface area contributed by atoms with Gasteiger partial charge in [0.2, 0.25) is 0 Å². The van der Waals surface area contributed by atoms with E-state index in [2.05, 4.69) is 41.1 Å². The van der Waals surface area contributed by atoms with Crippen LogP contribution in [0.2, 0.25) is 0 Å². The average Bonchev–Trinajstić information content (AvgIpc) is 2.98. The number of piperidine rings is 1. The van der Waals surface area contributed by atoms with E-state index in [0.717, 1.165) is 38.0 Å². The highest BCUT2D eigenvalue weighted by Gasteiger charge is 2.27. The van der Waals surface area contributed by atoms with Crippen LogP contribution in [0, 0.1) is 0 Å². The van der Waals surface area contributed by atoms with Crippen molar-refractivity contribution in [2.24, 2.45) is 0 Å². The zero-order chi connectivity index (χ0) is 16.5. The molecular formula is C20H23N3O. The maximum Gasteiger partial charge on any atom is 0.272 e. The second kappa shape index (κ2) is 6.27. The number of anilines is 2. The number of fused-ring (bicyclic) bond motifs is 1. The van der Waals surface area contributed by atoms with Crippen molar-refractivity contribution in [2.45, 2.75) is 38.6 Å². The zero-order valence-electron chi connectivity index (χ0n) is 14.1. The van der Waals surface area contributed by atoms with Crippen molar-refractivity contribution in [1.29, 1.82) is 0 Å². The van der Waals surface area contributed by atoms with Crippen LogP contribution < -0.4 is 4.90 Å². The molecule has 1 amide bonds. The van der Waals surface area contributed by atoms with Gasteiger partial charge in [-0.05, 0) is 56.4 Å². The summed E-state index contributed by atoms with van der Waals surface area (Å²) in [5, 5.41) is 0. The minimum atomic E-state index is 0.0659. The minimum Gasteiger partial charge on any atom is -0.337 e. The molecule has 2 aromatic rings. The van der Waals surface area contributed by atoms with Crippen molar-refractivity contribution >= 4 is 17.3 Å². The summed E-state index contributed by atoms with van der Waals surface area (Å²) in [5.41, 5.74) is 4.24. The Balaban J connectivity index is 1.57. The van der Waals surface area contributed by atoms with Gasteiger partial charge in [0.15, 0.2) is 0 Å². The van der Waals surface area contributed by atoms with E-state index in [-0.39, 0.29) is 5.91 Å². The predicted octanol–water partition coefficient (Wildman–Crippen LogP) is 3.79. The number of hydrogen-bond acceptors (Lipinski definition) is 3. The first-order chi connectivity index (χ1) is 11.7. The van der Waals surface area contributed by atoms with Crippen LogP contribution in [0.3, 0.4) is 0 Å². The van der Waals surface area contributed by atoms with E-state index in [1.165, 1.54) is 17.7 Å². The third-order valence-electron chi connectivity index (χ3n) is 5.10. The number of pyridine rings is 1. The van der Waals surface area contributed by atoms with Gasteiger partial charge in [0.1, 0.15) is 5.69 Å². The summed E-state index contributed by atoms with van der Waals surface area (Å²) in [6.45, 7) is 3.95. The van der Waals surface area contributed by atoms with E-state index < -0.39 is 0 Å². The summed E-state index contributed by atoms with van der Waals surface area (Å²) in [4.78, 5) is 21.3. The van der Waals surface area contributed by atoms with E-state index in [1.54, 1.807) is 0 Å². The smallest absolute Gasteiger partial charge is 0.272 e. The molecule has 0 saturated carbocycles. The Morgan fingerprint density at radius 2 is 1.88 bits per heavy atom. The molecule has 0 aliphatic carbocycles. The van der Waals surface area contributed by atoms with Gasteiger partial charge in [-0.1, -0.05) is 18.2 Å². The van der Waals surface area contributed by atoms with Gasteiger partial charge in [-0.2, -0.15) is 0 Å². The number of aromatic nitrogens is 1. The molecule has 4 rings (SSSR count). The average molecular weight is 321 g/mol. The van der Waals surface area contributed by atoms with Crippen molar-refractivity contribution in [1.82, 2.24) is 9.88 Å². The van der Waals surface area contributed by atoms with Gasteiger partial charge in [0.05, 0.1) is 11.9 Å². The van der Waals surface area contributed by atoms with Gasteiger partial charge in [-0.15, -0.1) is 0 Å². The zero-order valence-corrected chi connectivity index (χ0v) is 14.1. The van der Waals surface area contributed by atoms with Gasteiger partial charge >= 0.3 is 0 Å². The van der Waals surface area contributed by atoms with Crippen LogP contribution in [0.25, 0.3) is 0 Å². The highest BCUT2D eigenvalue weighted by atomic mass is 16.2. The summed E-state index contributed by atoms with van der Waals surface area (Å²) in [6, 6.07) is 12.8. The Labute approximate surface area is 143 Å². The molecule has 4 nitrogen and oxygen atoms in total. The molecule has 24 heavy (non-hydrogen) atoms. The van der Waals surface area contributed by atoms with Crippen LogP contribution in [-0.4, -0.2) is 34.9 Å². The molecule has 0 spiro atoms. The molecule has 1 aromatic carbocycles. The van der Waals surface area contributed by atoms with Crippen molar-refractivity contribution in [3.05, 3.63) is 53.9 Å². The normalized spacial score (nSPS) is 20.1. The molecule has 0 bridgehead atoms. The molecule has 0 N–H and O–H groups in total. The number of hydrogen-bond donors (Lipinski definition) is 0. The Morgan fingerprint density at radius 3 is 2.62 bits per heavy atom. The summed E-state index contributed by atoms with van der Waals surface area (Å²) in [7, 11) is 0. The Morgan fingerprint density at radius 1 is 1.08 bits per heavy atom. The van der Waals surface area contributed by atoms with Crippen LogP contribution in [0.15, 0.2) is 42.6 Å². The fraction of sp³-hybridized carbons (Fsp3) is 0.400. The van der Waals surface area contributed by atoms with Crippen molar-refractivity contribution in [3.8, 4) is 0 Å². The van der Waals surface area contributed by atoms with Gasteiger partial charge in [-0.25, -0.2) is 4.98 Å². The summed E-state index contributed by atoms with van der Waals surface area (Å²) >= 11 is 0. The van der Waals surface area contributed by atoms with Crippen LogP contribution in [0.5, 0.6) is 0 Å². The number of amides is 1. The molecule has 1 fully saturated rings. The van der Waals surface area contributed by atoms with Crippen molar-refractivity contribution in [3.63, 3.8) is 0 Å². The molecule has 0 radical (unpaired) electrons. The molecule has 124 valence electrons. The topological polar surface area (TPSA) is 36.4 Å².